The molecule has 0 amide bonds. The fourth-order valence-electron chi connectivity index (χ4n) is 4.72. The summed E-state index contributed by atoms with van der Waals surface area (Å²) < 4.78 is 7.35. The number of nitrogens with zero attached hydrogens (tertiary/aromatic N) is 3. The summed E-state index contributed by atoms with van der Waals surface area (Å²) in [7, 11) is 0. The molecule has 1 saturated heterocycles. The zero-order valence-corrected chi connectivity index (χ0v) is 16.7. The number of hydrogen-bond donors (Lipinski definition) is 2. The van der Waals surface area contributed by atoms with E-state index >= 15 is 0 Å². The normalized spacial score (nSPS) is 20.6. The van der Waals surface area contributed by atoms with Crippen LogP contribution in [0, 0.1) is 11.8 Å². The van der Waals surface area contributed by atoms with Gasteiger partial charge in [0.05, 0.1) is 16.9 Å². The lowest BCUT2D eigenvalue weighted by Gasteiger charge is -2.35. The van der Waals surface area contributed by atoms with Crippen LogP contribution in [-0.4, -0.2) is 32.4 Å². The Morgan fingerprint density at radius 2 is 2.00 bits per heavy atom. The Morgan fingerprint density at radius 3 is 2.79 bits per heavy atom. The number of rotatable bonds is 3. The predicted molar refractivity (Wildman–Crippen MR) is 114 cm³/mol. The molecule has 1 aliphatic rings. The summed E-state index contributed by atoms with van der Waals surface area (Å²) in [5.41, 5.74) is 11.8. The number of aromatic nitrogens is 3. The van der Waals surface area contributed by atoms with Crippen LogP contribution in [0.4, 0.5) is 5.69 Å². The van der Waals surface area contributed by atoms with E-state index in [9.17, 15) is 4.79 Å². The molecular weight excluding hydrogens is 366 g/mol. The molecule has 0 spiro atoms. The van der Waals surface area contributed by atoms with E-state index in [1.165, 1.54) is 6.42 Å². The van der Waals surface area contributed by atoms with Gasteiger partial charge in [-0.05, 0) is 42.5 Å². The van der Waals surface area contributed by atoms with Gasteiger partial charge in [-0.25, -0.2) is 9.78 Å². The fraction of sp³-hybridized carbons (Fsp3) is 0.364. The Morgan fingerprint density at radius 1 is 1.21 bits per heavy atom. The molecule has 7 nitrogen and oxygen atoms in total. The number of nitrogens with two attached hydrogens (primary N) is 1. The molecule has 2 unspecified atom stereocenters. The topological polar surface area (TPSA) is 92.6 Å². The smallest absolute Gasteiger partial charge is 0.408 e. The first kappa shape index (κ1) is 18.0. The summed E-state index contributed by atoms with van der Waals surface area (Å²) >= 11 is 0. The third-order valence-corrected chi connectivity index (χ3v) is 5.75. The van der Waals surface area contributed by atoms with Crippen LogP contribution in [0.1, 0.15) is 26.0 Å². The van der Waals surface area contributed by atoms with Gasteiger partial charge in [0.2, 0.25) is 0 Å². The third-order valence-electron chi connectivity index (χ3n) is 5.75. The lowest BCUT2D eigenvalue weighted by Crippen LogP contribution is -2.38. The quantitative estimate of drug-likeness (QED) is 0.558. The Hall–Kier alpha value is -3.06. The summed E-state index contributed by atoms with van der Waals surface area (Å²) in [6.45, 7) is 7.58. The first-order valence-corrected chi connectivity index (χ1v) is 10.1. The van der Waals surface area contributed by atoms with E-state index in [4.69, 9.17) is 15.1 Å². The number of aromatic amines is 1. The summed E-state index contributed by atoms with van der Waals surface area (Å²) in [5, 5.41) is 0. The molecule has 0 bridgehead atoms. The van der Waals surface area contributed by atoms with Crippen molar-refractivity contribution in [3.63, 3.8) is 0 Å². The molecule has 0 radical (unpaired) electrons. The zero-order valence-electron chi connectivity index (χ0n) is 16.7. The second kappa shape index (κ2) is 6.77. The number of oxazole rings is 1. The van der Waals surface area contributed by atoms with Gasteiger partial charge in [-0.3, -0.25) is 9.88 Å². The van der Waals surface area contributed by atoms with Gasteiger partial charge in [0.15, 0.2) is 5.58 Å². The Kier molecular flexibility index (Phi) is 4.20. The Bertz CT molecular complexity index is 1240. The Labute approximate surface area is 168 Å². The highest BCUT2D eigenvalue weighted by molar-refractivity contribution is 5.80. The lowest BCUT2D eigenvalue weighted by molar-refractivity contribution is 0.133. The number of hydrogen-bond acceptors (Lipinski definition) is 5. The highest BCUT2D eigenvalue weighted by Crippen LogP contribution is 2.30. The lowest BCUT2D eigenvalue weighted by atomic mass is 9.92. The van der Waals surface area contributed by atoms with E-state index in [-0.39, 0.29) is 0 Å². The van der Waals surface area contributed by atoms with Gasteiger partial charge in [-0.1, -0.05) is 19.9 Å². The van der Waals surface area contributed by atoms with Crippen molar-refractivity contribution in [3.05, 3.63) is 52.8 Å². The molecule has 4 heterocycles. The SMILES string of the molecule is CC1CC(C)CN(Cc2c(-c3ccc4[nH]c(=O)oc4c3)nc3ccc(N)cn23)C1. The van der Waals surface area contributed by atoms with Crippen LogP contribution in [0.3, 0.4) is 0 Å². The number of fused-ring (bicyclic) bond motifs is 2. The minimum absolute atomic E-state index is 0.448. The standard InChI is InChI=1S/C22H25N5O2/c1-13-7-14(2)10-26(9-13)12-18-21(25-20-6-4-16(23)11-27(18)20)15-3-5-17-19(8-15)29-22(28)24-17/h3-6,8,11,13-14H,7,9-10,12,23H2,1-2H3,(H,24,28). The summed E-state index contributed by atoms with van der Waals surface area (Å²) in [6.07, 6.45) is 3.21. The average molecular weight is 391 g/mol. The molecule has 0 saturated carbocycles. The van der Waals surface area contributed by atoms with E-state index in [1.54, 1.807) is 0 Å². The maximum atomic E-state index is 11.5. The van der Waals surface area contributed by atoms with Crippen molar-refractivity contribution >= 4 is 22.4 Å². The summed E-state index contributed by atoms with van der Waals surface area (Å²) in [6, 6.07) is 9.53. The van der Waals surface area contributed by atoms with Gasteiger partial charge in [0.1, 0.15) is 5.65 Å². The van der Waals surface area contributed by atoms with Crippen LogP contribution in [0.25, 0.3) is 28.0 Å². The van der Waals surface area contributed by atoms with Gasteiger partial charge >= 0.3 is 5.76 Å². The molecular formula is C22H25N5O2. The molecule has 0 aliphatic carbocycles. The molecule has 1 fully saturated rings. The predicted octanol–water partition coefficient (Wildman–Crippen LogP) is 3.50. The van der Waals surface area contributed by atoms with E-state index in [1.807, 2.05) is 36.5 Å². The van der Waals surface area contributed by atoms with E-state index < -0.39 is 5.76 Å². The summed E-state index contributed by atoms with van der Waals surface area (Å²) in [4.78, 5) is 21.6. The number of anilines is 1. The maximum Gasteiger partial charge on any atom is 0.417 e. The van der Waals surface area contributed by atoms with Crippen molar-refractivity contribution in [3.8, 4) is 11.3 Å². The molecule has 3 N–H and O–H groups in total. The first-order chi connectivity index (χ1) is 14.0. The molecule has 1 aliphatic heterocycles. The molecule has 7 heteroatoms. The van der Waals surface area contributed by atoms with Crippen molar-refractivity contribution in [2.45, 2.75) is 26.8 Å². The molecule has 5 rings (SSSR count). The van der Waals surface area contributed by atoms with Crippen molar-refractivity contribution in [1.82, 2.24) is 19.3 Å². The van der Waals surface area contributed by atoms with Gasteiger partial charge in [0.25, 0.3) is 0 Å². The molecule has 3 aromatic heterocycles. The Balaban J connectivity index is 1.63. The van der Waals surface area contributed by atoms with Crippen LogP contribution in [0.5, 0.6) is 0 Å². The zero-order chi connectivity index (χ0) is 20.1. The molecule has 29 heavy (non-hydrogen) atoms. The number of imidazole rings is 1. The number of piperidine rings is 1. The van der Waals surface area contributed by atoms with Crippen LogP contribution >= 0.6 is 0 Å². The van der Waals surface area contributed by atoms with Gasteiger partial charge in [0, 0.05) is 37.1 Å². The number of nitrogen functional groups attached to an aromatic ring is 1. The monoisotopic (exact) mass is 391 g/mol. The number of pyridine rings is 1. The number of likely N-dealkylation sites (tertiary alicyclic amines) is 1. The van der Waals surface area contributed by atoms with E-state index in [0.29, 0.717) is 28.6 Å². The average Bonchev–Trinajstić information content (AvgIpc) is 3.20. The molecule has 1 aromatic carbocycles. The molecule has 150 valence electrons. The maximum absolute atomic E-state index is 11.5. The van der Waals surface area contributed by atoms with Crippen LogP contribution in [-0.2, 0) is 6.54 Å². The first-order valence-electron chi connectivity index (χ1n) is 10.1. The number of benzene rings is 1. The minimum Gasteiger partial charge on any atom is -0.408 e. The van der Waals surface area contributed by atoms with Crippen LogP contribution < -0.4 is 11.5 Å². The third kappa shape index (κ3) is 3.31. The highest BCUT2D eigenvalue weighted by atomic mass is 16.4. The fourth-order valence-corrected chi connectivity index (χ4v) is 4.72. The van der Waals surface area contributed by atoms with Crippen LogP contribution in [0.2, 0.25) is 0 Å². The van der Waals surface area contributed by atoms with Gasteiger partial charge < -0.3 is 14.6 Å². The molecule has 4 aromatic rings. The number of nitrogens with one attached hydrogen (secondary N) is 1. The van der Waals surface area contributed by atoms with Crippen LogP contribution in [0.15, 0.2) is 45.7 Å². The minimum atomic E-state index is -0.448. The second-order valence-corrected chi connectivity index (χ2v) is 8.46. The van der Waals surface area contributed by atoms with E-state index in [2.05, 4.69) is 28.1 Å². The highest BCUT2D eigenvalue weighted by Gasteiger charge is 2.24. The van der Waals surface area contributed by atoms with Crippen molar-refractivity contribution in [1.29, 1.82) is 0 Å². The number of H-pyrrole nitrogens is 1. The van der Waals surface area contributed by atoms with Gasteiger partial charge in [-0.15, -0.1) is 0 Å². The van der Waals surface area contributed by atoms with Crippen molar-refractivity contribution in [2.75, 3.05) is 18.8 Å². The van der Waals surface area contributed by atoms with Gasteiger partial charge in [-0.2, -0.15) is 0 Å². The second-order valence-electron chi connectivity index (χ2n) is 8.46. The summed E-state index contributed by atoms with van der Waals surface area (Å²) in [5.74, 6) is 0.908. The van der Waals surface area contributed by atoms with Crippen molar-refractivity contribution < 1.29 is 4.42 Å². The molecule has 2 atom stereocenters. The van der Waals surface area contributed by atoms with Crippen molar-refractivity contribution in [2.24, 2.45) is 11.8 Å². The van der Waals surface area contributed by atoms with E-state index in [0.717, 1.165) is 42.2 Å². The largest absolute Gasteiger partial charge is 0.417 e.